The van der Waals surface area contributed by atoms with Gasteiger partial charge in [0.1, 0.15) is 15.9 Å². The highest BCUT2D eigenvalue weighted by Crippen LogP contribution is 2.32. The summed E-state index contributed by atoms with van der Waals surface area (Å²) >= 11 is 1.02. The van der Waals surface area contributed by atoms with Gasteiger partial charge in [0, 0.05) is 25.6 Å². The Hall–Kier alpha value is -1.58. The SMILES string of the molecule is CC1CC(C)CN(C(=O)C2CCC(CNS(=O)(=O)c3cccc4nsnc34)CC2)C1. The maximum atomic E-state index is 13.0. The molecule has 0 spiro atoms. The molecule has 9 heteroatoms. The van der Waals surface area contributed by atoms with Gasteiger partial charge < -0.3 is 4.90 Å². The summed E-state index contributed by atoms with van der Waals surface area (Å²) < 4.78 is 36.6. The van der Waals surface area contributed by atoms with E-state index in [0.717, 1.165) is 50.5 Å². The molecule has 2 fully saturated rings. The Morgan fingerprint density at radius 1 is 1.13 bits per heavy atom. The fourth-order valence-electron chi connectivity index (χ4n) is 5.02. The first-order valence-electron chi connectivity index (χ1n) is 10.8. The molecule has 2 atom stereocenters. The van der Waals surface area contributed by atoms with Crippen LogP contribution >= 0.6 is 11.7 Å². The summed E-state index contributed by atoms with van der Waals surface area (Å²) in [5.74, 6) is 1.79. The van der Waals surface area contributed by atoms with Gasteiger partial charge in [0.25, 0.3) is 0 Å². The van der Waals surface area contributed by atoms with Crippen LogP contribution in [0, 0.1) is 23.7 Å². The van der Waals surface area contributed by atoms with E-state index in [0.29, 0.717) is 35.3 Å². The fourth-order valence-corrected chi connectivity index (χ4v) is 6.90. The van der Waals surface area contributed by atoms with Gasteiger partial charge >= 0.3 is 0 Å². The van der Waals surface area contributed by atoms with E-state index < -0.39 is 10.0 Å². The van der Waals surface area contributed by atoms with Gasteiger partial charge in [-0.15, -0.1) is 0 Å². The lowest BCUT2D eigenvalue weighted by molar-refractivity contribution is -0.139. The second-order valence-electron chi connectivity index (χ2n) is 9.15. The number of hydrogen-bond acceptors (Lipinski definition) is 6. The van der Waals surface area contributed by atoms with Gasteiger partial charge in [0.2, 0.25) is 15.9 Å². The monoisotopic (exact) mass is 450 g/mol. The van der Waals surface area contributed by atoms with Gasteiger partial charge in [0.05, 0.1) is 11.7 Å². The van der Waals surface area contributed by atoms with Gasteiger partial charge in [-0.3, -0.25) is 4.79 Å². The normalized spacial score (nSPS) is 28.0. The number of carbonyl (C=O) groups excluding carboxylic acids is 1. The lowest BCUT2D eigenvalue weighted by atomic mass is 9.80. The molecule has 1 aromatic heterocycles. The van der Waals surface area contributed by atoms with Crippen molar-refractivity contribution in [2.24, 2.45) is 23.7 Å². The Morgan fingerprint density at radius 3 is 2.53 bits per heavy atom. The molecular weight excluding hydrogens is 420 g/mol. The summed E-state index contributed by atoms with van der Waals surface area (Å²) in [6.07, 6.45) is 4.63. The highest BCUT2D eigenvalue weighted by atomic mass is 32.2. The lowest BCUT2D eigenvalue weighted by Gasteiger charge is -2.38. The average Bonchev–Trinajstić information content (AvgIpc) is 3.20. The number of likely N-dealkylation sites (tertiary alicyclic amines) is 1. The lowest BCUT2D eigenvalue weighted by Crippen LogP contribution is -2.46. The van der Waals surface area contributed by atoms with Crippen molar-refractivity contribution in [2.45, 2.75) is 50.8 Å². The van der Waals surface area contributed by atoms with E-state index in [1.165, 1.54) is 6.42 Å². The molecule has 2 unspecified atom stereocenters. The fraction of sp³-hybridized carbons (Fsp3) is 0.667. The molecule has 0 bridgehead atoms. The number of piperidine rings is 1. The van der Waals surface area contributed by atoms with Crippen LogP contribution in [0.1, 0.15) is 46.0 Å². The Labute approximate surface area is 182 Å². The van der Waals surface area contributed by atoms with Crippen molar-refractivity contribution < 1.29 is 13.2 Å². The van der Waals surface area contributed by atoms with Crippen molar-refractivity contribution in [3.63, 3.8) is 0 Å². The van der Waals surface area contributed by atoms with Gasteiger partial charge in [0.15, 0.2) is 0 Å². The molecule has 164 valence electrons. The van der Waals surface area contributed by atoms with Gasteiger partial charge in [-0.2, -0.15) is 8.75 Å². The molecule has 0 radical (unpaired) electrons. The molecule has 1 N–H and O–H groups in total. The minimum Gasteiger partial charge on any atom is -0.342 e. The number of benzene rings is 1. The van der Waals surface area contributed by atoms with Crippen molar-refractivity contribution >= 4 is 38.7 Å². The quantitative estimate of drug-likeness (QED) is 0.755. The number of aromatic nitrogens is 2. The molecule has 2 aromatic rings. The van der Waals surface area contributed by atoms with Crippen LogP contribution in [0.5, 0.6) is 0 Å². The zero-order valence-electron chi connectivity index (χ0n) is 17.6. The smallest absolute Gasteiger partial charge is 0.242 e. The molecule has 4 rings (SSSR count). The second kappa shape index (κ2) is 8.88. The van der Waals surface area contributed by atoms with Crippen LogP contribution < -0.4 is 4.72 Å². The van der Waals surface area contributed by atoms with Crippen molar-refractivity contribution in [2.75, 3.05) is 19.6 Å². The zero-order chi connectivity index (χ0) is 21.3. The molecular formula is C21H30N4O3S2. The Bertz CT molecular complexity index is 989. The van der Waals surface area contributed by atoms with E-state index >= 15 is 0 Å². The van der Waals surface area contributed by atoms with E-state index in [2.05, 4.69) is 32.2 Å². The third kappa shape index (κ3) is 4.68. The number of rotatable bonds is 5. The molecule has 7 nitrogen and oxygen atoms in total. The first-order chi connectivity index (χ1) is 14.3. The Kier molecular flexibility index (Phi) is 6.41. The minimum atomic E-state index is -3.64. The predicted molar refractivity (Wildman–Crippen MR) is 118 cm³/mol. The number of nitrogens with one attached hydrogen (secondary N) is 1. The third-order valence-electron chi connectivity index (χ3n) is 6.48. The first-order valence-corrected chi connectivity index (χ1v) is 13.0. The van der Waals surface area contributed by atoms with E-state index in [1.807, 2.05) is 0 Å². The van der Waals surface area contributed by atoms with E-state index in [4.69, 9.17) is 0 Å². The van der Waals surface area contributed by atoms with Gasteiger partial charge in [-0.05, 0) is 62.0 Å². The van der Waals surface area contributed by atoms with Crippen LogP contribution in [0.25, 0.3) is 11.0 Å². The van der Waals surface area contributed by atoms with Crippen LogP contribution in [0.3, 0.4) is 0 Å². The Balaban J connectivity index is 1.31. The largest absolute Gasteiger partial charge is 0.342 e. The van der Waals surface area contributed by atoms with Crippen molar-refractivity contribution in [3.05, 3.63) is 18.2 Å². The summed E-state index contributed by atoms with van der Waals surface area (Å²) in [6.45, 7) is 6.59. The molecule has 30 heavy (non-hydrogen) atoms. The van der Waals surface area contributed by atoms with Crippen LogP contribution in [-0.4, -0.2) is 47.6 Å². The third-order valence-corrected chi connectivity index (χ3v) is 8.47. The molecule has 2 aliphatic rings. The molecule has 2 heterocycles. The first kappa shape index (κ1) is 21.6. The van der Waals surface area contributed by atoms with E-state index in [-0.39, 0.29) is 16.7 Å². The summed E-state index contributed by atoms with van der Waals surface area (Å²) in [5.41, 5.74) is 1.03. The highest BCUT2D eigenvalue weighted by molar-refractivity contribution is 7.89. The van der Waals surface area contributed by atoms with Crippen molar-refractivity contribution in [1.82, 2.24) is 18.4 Å². The van der Waals surface area contributed by atoms with Crippen molar-refractivity contribution in [1.29, 1.82) is 0 Å². The second-order valence-corrected chi connectivity index (χ2v) is 11.4. The number of fused-ring (bicyclic) bond motifs is 1. The minimum absolute atomic E-state index is 0.0881. The molecule has 1 aromatic carbocycles. The van der Waals surface area contributed by atoms with Gasteiger partial charge in [-0.1, -0.05) is 19.9 Å². The zero-order valence-corrected chi connectivity index (χ0v) is 19.2. The summed E-state index contributed by atoms with van der Waals surface area (Å²) in [4.78, 5) is 15.2. The van der Waals surface area contributed by atoms with Gasteiger partial charge in [-0.25, -0.2) is 13.1 Å². The average molecular weight is 451 g/mol. The van der Waals surface area contributed by atoms with Crippen LogP contribution in [0.2, 0.25) is 0 Å². The topological polar surface area (TPSA) is 92.3 Å². The molecule has 1 saturated heterocycles. The molecule has 1 amide bonds. The van der Waals surface area contributed by atoms with E-state index in [1.54, 1.807) is 18.2 Å². The number of nitrogens with zero attached hydrogens (tertiary/aromatic N) is 3. The summed E-state index contributed by atoms with van der Waals surface area (Å²) in [5, 5.41) is 0. The number of sulfonamides is 1. The standard InChI is InChI=1S/C21H30N4O3S2/c1-14-10-15(2)13-25(12-14)21(26)17-8-6-16(7-9-17)11-22-30(27,28)19-5-3-4-18-20(19)24-29-23-18/h3-5,14-17,22H,6-13H2,1-2H3. The molecule has 1 aliphatic heterocycles. The molecule has 1 saturated carbocycles. The summed E-state index contributed by atoms with van der Waals surface area (Å²) in [6, 6.07) is 5.03. The number of carbonyl (C=O) groups is 1. The van der Waals surface area contributed by atoms with Crippen LogP contribution in [-0.2, 0) is 14.8 Å². The summed E-state index contributed by atoms with van der Waals surface area (Å²) in [7, 11) is -3.64. The maximum Gasteiger partial charge on any atom is 0.242 e. The van der Waals surface area contributed by atoms with Crippen LogP contribution in [0.15, 0.2) is 23.1 Å². The van der Waals surface area contributed by atoms with Crippen molar-refractivity contribution in [3.8, 4) is 0 Å². The Morgan fingerprint density at radius 2 is 1.83 bits per heavy atom. The molecule has 1 aliphatic carbocycles. The highest BCUT2D eigenvalue weighted by Gasteiger charge is 2.33. The predicted octanol–water partition coefficient (Wildman–Crippen LogP) is 3.28. The van der Waals surface area contributed by atoms with E-state index in [9.17, 15) is 13.2 Å². The number of amides is 1. The maximum absolute atomic E-state index is 13.0. The number of hydrogen-bond donors (Lipinski definition) is 1. The van der Waals surface area contributed by atoms with Crippen LogP contribution in [0.4, 0.5) is 0 Å².